The molecule has 0 spiro atoms. The first-order valence-corrected chi connectivity index (χ1v) is 20.3. The molecule has 1 fully saturated rings. The largest absolute Gasteiger partial charge is 0.481 e. The second-order valence-electron chi connectivity index (χ2n) is 14.6. The molecule has 3 heterocycles. The SMILES string of the molecule is O=C[C@H](Cc1ccccc1)NC(=O)CN1CCNCCN(CC(=O)C[C@@H](Cc2ccccc2)C(=O)O)CCN(Cc2ccc3c(=O)c4ccccc4sc3n2)CC1. The van der Waals surface area contributed by atoms with E-state index in [1.54, 1.807) is 0 Å². The molecule has 1 saturated heterocycles. The average molecular weight is 791 g/mol. The number of hydrogen-bond donors (Lipinski definition) is 3. The number of nitrogens with one attached hydrogen (secondary N) is 2. The molecular formula is C44H50N6O6S. The monoisotopic (exact) mass is 790 g/mol. The van der Waals surface area contributed by atoms with E-state index in [4.69, 9.17) is 4.98 Å². The molecule has 0 bridgehead atoms. The van der Waals surface area contributed by atoms with Crippen LogP contribution in [0.5, 0.6) is 0 Å². The maximum Gasteiger partial charge on any atom is 0.307 e. The molecule has 12 nitrogen and oxygen atoms in total. The van der Waals surface area contributed by atoms with Crippen LogP contribution < -0.4 is 16.1 Å². The van der Waals surface area contributed by atoms with Crippen LogP contribution in [0.15, 0.2) is 102 Å². The van der Waals surface area contributed by atoms with Gasteiger partial charge in [-0.25, -0.2) is 4.98 Å². The van der Waals surface area contributed by atoms with Crippen molar-refractivity contribution in [3.63, 3.8) is 0 Å². The number of pyridine rings is 1. The Morgan fingerprint density at radius 3 is 2.04 bits per heavy atom. The second kappa shape index (κ2) is 20.8. The highest BCUT2D eigenvalue weighted by molar-refractivity contribution is 7.24. The molecule has 5 aromatic rings. The number of amides is 1. The van der Waals surface area contributed by atoms with Gasteiger partial charge in [-0.05, 0) is 48.2 Å². The quantitative estimate of drug-likeness (QED) is 0.105. The third-order valence-electron chi connectivity index (χ3n) is 10.3. The van der Waals surface area contributed by atoms with Crippen LogP contribution in [0, 0.1) is 5.92 Å². The van der Waals surface area contributed by atoms with Gasteiger partial charge in [0.15, 0.2) is 5.43 Å². The van der Waals surface area contributed by atoms with Crippen LogP contribution in [0.25, 0.3) is 20.3 Å². The summed E-state index contributed by atoms with van der Waals surface area (Å²) in [6, 6.07) is 29.6. The van der Waals surface area contributed by atoms with Crippen molar-refractivity contribution in [3.8, 4) is 0 Å². The summed E-state index contributed by atoms with van der Waals surface area (Å²) < 4.78 is 0.878. The number of carboxylic acids is 1. The van der Waals surface area contributed by atoms with E-state index in [0.717, 1.165) is 27.8 Å². The standard InChI is InChI=1S/C44H50N6O6S/c51-31-36(26-33-11-5-2-6-12-33)46-41(53)30-49-20-18-45-17-19-48(29-37(52)27-34(44(55)56)25-32-9-3-1-4-10-32)21-23-50(24-22-49)28-35-15-16-39-42(54)38-13-7-8-14-40(38)57-43(39)47-35/h1-16,31,34,36,45H,17-30H2,(H,46,53)(H,55,56)/t34-,36+/m1/s1. The fraction of sp³-hybridized carbons (Fsp3) is 0.364. The maximum absolute atomic E-state index is 13.4. The molecule has 0 saturated carbocycles. The normalized spacial score (nSPS) is 16.3. The molecule has 6 rings (SSSR count). The van der Waals surface area contributed by atoms with Crippen LogP contribution in [-0.2, 0) is 38.6 Å². The number of aliphatic carboxylic acids is 1. The van der Waals surface area contributed by atoms with Crippen LogP contribution in [0.2, 0.25) is 0 Å². The molecule has 0 aliphatic carbocycles. The van der Waals surface area contributed by atoms with Gasteiger partial charge >= 0.3 is 5.97 Å². The summed E-state index contributed by atoms with van der Waals surface area (Å²) in [5, 5.41) is 17.6. The molecule has 0 unspecified atom stereocenters. The summed E-state index contributed by atoms with van der Waals surface area (Å²) in [5.41, 5.74) is 2.61. The van der Waals surface area contributed by atoms with Gasteiger partial charge in [-0.15, -0.1) is 11.3 Å². The Morgan fingerprint density at radius 1 is 0.754 bits per heavy atom. The predicted molar refractivity (Wildman–Crippen MR) is 223 cm³/mol. The van der Waals surface area contributed by atoms with Crippen molar-refractivity contribution in [2.75, 3.05) is 65.4 Å². The van der Waals surface area contributed by atoms with Crippen LogP contribution in [0.4, 0.5) is 0 Å². The van der Waals surface area contributed by atoms with Crippen molar-refractivity contribution < 1.29 is 24.3 Å². The molecule has 298 valence electrons. The van der Waals surface area contributed by atoms with Crippen LogP contribution in [0.3, 0.4) is 0 Å². The molecule has 3 aromatic carbocycles. The van der Waals surface area contributed by atoms with Gasteiger partial charge in [0.2, 0.25) is 5.91 Å². The molecule has 3 N–H and O–H groups in total. The van der Waals surface area contributed by atoms with Gasteiger partial charge in [-0.2, -0.15) is 0 Å². The number of nitrogens with zero attached hydrogens (tertiary/aromatic N) is 4. The Hall–Kier alpha value is -5.18. The van der Waals surface area contributed by atoms with Crippen molar-refractivity contribution in [1.82, 2.24) is 30.3 Å². The molecule has 13 heteroatoms. The minimum atomic E-state index is -0.981. The second-order valence-corrected chi connectivity index (χ2v) is 15.7. The van der Waals surface area contributed by atoms with Gasteiger partial charge in [0.1, 0.15) is 16.9 Å². The predicted octanol–water partition coefficient (Wildman–Crippen LogP) is 3.65. The van der Waals surface area contributed by atoms with E-state index in [-0.39, 0.29) is 43.1 Å². The Morgan fingerprint density at radius 2 is 1.37 bits per heavy atom. The first kappa shape index (κ1) is 41.5. The number of aromatic nitrogens is 1. The number of fused-ring (bicyclic) bond motifs is 2. The minimum Gasteiger partial charge on any atom is -0.481 e. The van der Waals surface area contributed by atoms with Gasteiger partial charge in [0.25, 0.3) is 0 Å². The third kappa shape index (κ3) is 12.4. The summed E-state index contributed by atoms with van der Waals surface area (Å²) in [6.07, 6.45) is 1.43. The number of benzene rings is 3. The number of hydrogen-bond acceptors (Lipinski definition) is 11. The van der Waals surface area contributed by atoms with Crippen molar-refractivity contribution in [1.29, 1.82) is 0 Å². The number of aldehydes is 1. The Kier molecular flexibility index (Phi) is 15.1. The lowest BCUT2D eigenvalue weighted by atomic mass is 9.94. The van der Waals surface area contributed by atoms with E-state index in [2.05, 4.69) is 25.3 Å². The summed E-state index contributed by atoms with van der Waals surface area (Å²) >= 11 is 1.49. The van der Waals surface area contributed by atoms with Crippen molar-refractivity contribution in [2.45, 2.75) is 31.8 Å². The first-order chi connectivity index (χ1) is 27.7. The topological polar surface area (TPSA) is 152 Å². The zero-order valence-corrected chi connectivity index (χ0v) is 32.9. The molecule has 1 amide bonds. The zero-order chi connectivity index (χ0) is 40.0. The summed E-state index contributed by atoms with van der Waals surface area (Å²) in [6.45, 7) is 5.38. The lowest BCUT2D eigenvalue weighted by Gasteiger charge is -2.31. The summed E-state index contributed by atoms with van der Waals surface area (Å²) in [4.78, 5) is 76.0. The summed E-state index contributed by atoms with van der Waals surface area (Å²) in [7, 11) is 0. The van der Waals surface area contributed by atoms with Crippen LogP contribution in [-0.4, -0.2) is 120 Å². The van der Waals surface area contributed by atoms with Crippen molar-refractivity contribution in [2.24, 2.45) is 5.92 Å². The summed E-state index contributed by atoms with van der Waals surface area (Å²) in [5.74, 6) is -2.13. The van der Waals surface area contributed by atoms with E-state index in [0.29, 0.717) is 80.9 Å². The number of Topliss-reactive ketones (excluding diaryl/α,β-unsaturated/α-hetero) is 1. The molecule has 0 radical (unpaired) electrons. The van der Waals surface area contributed by atoms with Gasteiger partial charge in [-0.3, -0.25) is 33.9 Å². The van der Waals surface area contributed by atoms with E-state index in [9.17, 15) is 29.1 Å². The van der Waals surface area contributed by atoms with Crippen LogP contribution in [0.1, 0.15) is 23.2 Å². The Balaban J connectivity index is 1.15. The average Bonchev–Trinajstić information content (AvgIpc) is 3.21. The fourth-order valence-electron chi connectivity index (χ4n) is 7.20. The molecule has 1 aliphatic rings. The molecule has 2 aromatic heterocycles. The van der Waals surface area contributed by atoms with E-state index in [1.165, 1.54) is 11.3 Å². The molecule has 57 heavy (non-hydrogen) atoms. The van der Waals surface area contributed by atoms with Gasteiger partial charge in [0, 0.05) is 75.4 Å². The lowest BCUT2D eigenvalue weighted by molar-refractivity contribution is -0.143. The number of ketones is 1. The Labute approximate surface area is 336 Å². The van der Waals surface area contributed by atoms with Crippen molar-refractivity contribution >= 4 is 55.6 Å². The van der Waals surface area contributed by atoms with E-state index >= 15 is 0 Å². The fourth-order valence-corrected chi connectivity index (χ4v) is 8.26. The zero-order valence-electron chi connectivity index (χ0n) is 32.1. The Bertz CT molecular complexity index is 2180. The number of carbonyl (C=O) groups excluding carboxylic acids is 3. The highest BCUT2D eigenvalue weighted by Gasteiger charge is 2.24. The van der Waals surface area contributed by atoms with E-state index in [1.807, 2.05) is 97.1 Å². The van der Waals surface area contributed by atoms with Crippen LogP contribution >= 0.6 is 11.3 Å². The van der Waals surface area contributed by atoms with Gasteiger partial charge < -0.3 is 20.5 Å². The lowest BCUT2D eigenvalue weighted by Crippen LogP contribution is -2.49. The minimum absolute atomic E-state index is 0.0398. The first-order valence-electron chi connectivity index (χ1n) is 19.5. The maximum atomic E-state index is 13.4. The number of rotatable bonds is 15. The van der Waals surface area contributed by atoms with Gasteiger partial charge in [-0.1, -0.05) is 72.8 Å². The highest BCUT2D eigenvalue weighted by Crippen LogP contribution is 2.23. The highest BCUT2D eigenvalue weighted by atomic mass is 32.1. The number of carboxylic acid groups (broad SMARTS) is 1. The molecule has 1 aliphatic heterocycles. The van der Waals surface area contributed by atoms with Gasteiger partial charge in [0.05, 0.1) is 36.1 Å². The third-order valence-corrected chi connectivity index (χ3v) is 11.4. The smallest absolute Gasteiger partial charge is 0.307 e. The van der Waals surface area contributed by atoms with E-state index < -0.39 is 17.9 Å². The number of carbonyl (C=O) groups is 4. The molecule has 2 atom stereocenters. The molecular weight excluding hydrogens is 741 g/mol. The van der Waals surface area contributed by atoms with Crippen molar-refractivity contribution in [3.05, 3.63) is 124 Å².